The number of nitrogens with zero attached hydrogens (tertiary/aromatic N) is 3. The molecule has 2 aromatic rings. The monoisotopic (exact) mass is 219 g/mol. The van der Waals surface area contributed by atoms with Crippen molar-refractivity contribution in [3.8, 4) is 0 Å². The molecule has 2 rings (SSSR count). The standard InChI is InChI=1S/C10H13N5O/c1-7-9(5-14-15(7)2)10(16)12-4-8-3-11-6-13-8/h3,5-6H,4H2,1-2H3,(H,11,13)(H,12,16). The second-order valence-corrected chi connectivity index (χ2v) is 3.53. The molecule has 84 valence electrons. The Morgan fingerprint density at radius 3 is 2.94 bits per heavy atom. The van der Waals surface area contributed by atoms with Gasteiger partial charge in [0.2, 0.25) is 0 Å². The smallest absolute Gasteiger partial charge is 0.255 e. The Morgan fingerprint density at radius 2 is 2.38 bits per heavy atom. The van der Waals surface area contributed by atoms with Gasteiger partial charge in [-0.3, -0.25) is 9.48 Å². The number of aromatic amines is 1. The molecule has 0 fully saturated rings. The number of aromatic nitrogens is 4. The van der Waals surface area contributed by atoms with Gasteiger partial charge in [0, 0.05) is 18.9 Å². The topological polar surface area (TPSA) is 75.6 Å². The van der Waals surface area contributed by atoms with Gasteiger partial charge in [0.05, 0.1) is 30.3 Å². The molecule has 2 heterocycles. The molecular formula is C10H13N5O. The Hall–Kier alpha value is -2.11. The van der Waals surface area contributed by atoms with Crippen LogP contribution >= 0.6 is 0 Å². The van der Waals surface area contributed by atoms with Crippen molar-refractivity contribution < 1.29 is 4.79 Å². The number of hydrogen-bond acceptors (Lipinski definition) is 3. The fraction of sp³-hybridized carbons (Fsp3) is 0.300. The Bertz CT molecular complexity index is 485. The van der Waals surface area contributed by atoms with Crippen molar-refractivity contribution in [1.82, 2.24) is 25.1 Å². The molecule has 1 amide bonds. The van der Waals surface area contributed by atoms with E-state index >= 15 is 0 Å². The van der Waals surface area contributed by atoms with E-state index in [1.165, 1.54) is 0 Å². The van der Waals surface area contributed by atoms with Gasteiger partial charge in [-0.15, -0.1) is 0 Å². The number of imidazole rings is 1. The second kappa shape index (κ2) is 4.18. The van der Waals surface area contributed by atoms with E-state index < -0.39 is 0 Å². The quantitative estimate of drug-likeness (QED) is 0.783. The first-order valence-electron chi connectivity index (χ1n) is 4.92. The normalized spacial score (nSPS) is 10.4. The summed E-state index contributed by atoms with van der Waals surface area (Å²) < 4.78 is 1.67. The summed E-state index contributed by atoms with van der Waals surface area (Å²) in [6, 6.07) is 0. The predicted molar refractivity (Wildman–Crippen MR) is 57.7 cm³/mol. The summed E-state index contributed by atoms with van der Waals surface area (Å²) in [5.74, 6) is -0.125. The molecule has 6 nitrogen and oxygen atoms in total. The molecule has 0 spiro atoms. The van der Waals surface area contributed by atoms with Crippen molar-refractivity contribution in [3.63, 3.8) is 0 Å². The molecule has 0 aromatic carbocycles. The third kappa shape index (κ3) is 1.95. The van der Waals surface area contributed by atoms with Crippen LogP contribution in [0.4, 0.5) is 0 Å². The minimum atomic E-state index is -0.125. The summed E-state index contributed by atoms with van der Waals surface area (Å²) in [5, 5.41) is 6.81. The van der Waals surface area contributed by atoms with E-state index in [2.05, 4.69) is 20.4 Å². The van der Waals surface area contributed by atoms with Crippen LogP contribution in [0.1, 0.15) is 21.7 Å². The van der Waals surface area contributed by atoms with Crippen molar-refractivity contribution in [3.05, 3.63) is 35.7 Å². The first-order valence-corrected chi connectivity index (χ1v) is 4.92. The highest BCUT2D eigenvalue weighted by molar-refractivity contribution is 5.94. The minimum absolute atomic E-state index is 0.125. The summed E-state index contributed by atoms with van der Waals surface area (Å²) in [6.07, 6.45) is 4.82. The summed E-state index contributed by atoms with van der Waals surface area (Å²) in [7, 11) is 1.81. The number of nitrogens with one attached hydrogen (secondary N) is 2. The molecule has 2 N–H and O–H groups in total. The minimum Gasteiger partial charge on any atom is -0.347 e. The van der Waals surface area contributed by atoms with Crippen LogP contribution in [0, 0.1) is 6.92 Å². The average Bonchev–Trinajstić information content (AvgIpc) is 2.88. The zero-order valence-corrected chi connectivity index (χ0v) is 9.19. The van der Waals surface area contributed by atoms with Crippen LogP contribution in [-0.2, 0) is 13.6 Å². The lowest BCUT2D eigenvalue weighted by Gasteiger charge is -2.02. The Kier molecular flexibility index (Phi) is 2.72. The predicted octanol–water partition coefficient (Wildman–Crippen LogP) is 0.382. The van der Waals surface area contributed by atoms with Crippen LogP contribution in [0.5, 0.6) is 0 Å². The summed E-state index contributed by atoms with van der Waals surface area (Å²) in [6.45, 7) is 2.30. The van der Waals surface area contributed by atoms with E-state index in [4.69, 9.17) is 0 Å². The SMILES string of the molecule is Cc1c(C(=O)NCc2cnc[nH]2)cnn1C. The lowest BCUT2D eigenvalue weighted by Crippen LogP contribution is -2.23. The number of carbonyl (C=O) groups excluding carboxylic acids is 1. The molecule has 0 aliphatic carbocycles. The van der Waals surface area contributed by atoms with E-state index in [-0.39, 0.29) is 5.91 Å². The van der Waals surface area contributed by atoms with Crippen LogP contribution in [0.3, 0.4) is 0 Å². The lowest BCUT2D eigenvalue weighted by molar-refractivity contribution is 0.0949. The molecule has 6 heteroatoms. The lowest BCUT2D eigenvalue weighted by atomic mass is 10.2. The van der Waals surface area contributed by atoms with Crippen LogP contribution in [0.25, 0.3) is 0 Å². The van der Waals surface area contributed by atoms with Gasteiger partial charge in [0.1, 0.15) is 0 Å². The molecular weight excluding hydrogens is 206 g/mol. The molecule has 0 aliphatic rings. The number of H-pyrrole nitrogens is 1. The fourth-order valence-electron chi connectivity index (χ4n) is 1.37. The van der Waals surface area contributed by atoms with Gasteiger partial charge in [0.15, 0.2) is 0 Å². The fourth-order valence-corrected chi connectivity index (χ4v) is 1.37. The van der Waals surface area contributed by atoms with Crippen LogP contribution in [-0.4, -0.2) is 25.7 Å². The maximum absolute atomic E-state index is 11.8. The van der Waals surface area contributed by atoms with Gasteiger partial charge in [-0.25, -0.2) is 4.98 Å². The van der Waals surface area contributed by atoms with Crippen molar-refractivity contribution in [1.29, 1.82) is 0 Å². The van der Waals surface area contributed by atoms with Crippen molar-refractivity contribution in [2.45, 2.75) is 13.5 Å². The van der Waals surface area contributed by atoms with Crippen LogP contribution < -0.4 is 5.32 Å². The van der Waals surface area contributed by atoms with E-state index in [1.54, 1.807) is 30.5 Å². The van der Waals surface area contributed by atoms with Crippen molar-refractivity contribution in [2.24, 2.45) is 7.05 Å². The summed E-state index contributed by atoms with van der Waals surface area (Å²) >= 11 is 0. The van der Waals surface area contributed by atoms with Gasteiger partial charge in [-0.2, -0.15) is 5.10 Å². The number of hydrogen-bond donors (Lipinski definition) is 2. The molecule has 0 bridgehead atoms. The number of rotatable bonds is 3. The molecule has 0 saturated heterocycles. The van der Waals surface area contributed by atoms with E-state index in [1.807, 2.05) is 6.92 Å². The number of aryl methyl sites for hydroxylation is 1. The molecule has 0 atom stereocenters. The van der Waals surface area contributed by atoms with E-state index in [0.29, 0.717) is 12.1 Å². The highest BCUT2D eigenvalue weighted by Crippen LogP contribution is 2.05. The largest absolute Gasteiger partial charge is 0.347 e. The number of amides is 1. The van der Waals surface area contributed by atoms with E-state index in [0.717, 1.165) is 11.4 Å². The third-order valence-corrected chi connectivity index (χ3v) is 2.47. The molecule has 16 heavy (non-hydrogen) atoms. The second-order valence-electron chi connectivity index (χ2n) is 3.53. The average molecular weight is 219 g/mol. The first-order chi connectivity index (χ1) is 7.68. The van der Waals surface area contributed by atoms with Crippen molar-refractivity contribution in [2.75, 3.05) is 0 Å². The van der Waals surface area contributed by atoms with Gasteiger partial charge in [-0.1, -0.05) is 0 Å². The molecule has 0 aliphatic heterocycles. The summed E-state index contributed by atoms with van der Waals surface area (Å²) in [4.78, 5) is 18.6. The van der Waals surface area contributed by atoms with Gasteiger partial charge in [0.25, 0.3) is 5.91 Å². The highest BCUT2D eigenvalue weighted by atomic mass is 16.1. The first kappa shape index (κ1) is 10.4. The molecule has 0 unspecified atom stereocenters. The summed E-state index contributed by atoms with van der Waals surface area (Å²) in [5.41, 5.74) is 2.32. The Morgan fingerprint density at radius 1 is 1.56 bits per heavy atom. The molecule has 0 saturated carbocycles. The van der Waals surface area contributed by atoms with Crippen LogP contribution in [0.2, 0.25) is 0 Å². The van der Waals surface area contributed by atoms with E-state index in [9.17, 15) is 4.79 Å². The molecule has 0 radical (unpaired) electrons. The third-order valence-electron chi connectivity index (χ3n) is 2.47. The highest BCUT2D eigenvalue weighted by Gasteiger charge is 2.12. The zero-order valence-electron chi connectivity index (χ0n) is 9.19. The van der Waals surface area contributed by atoms with Crippen molar-refractivity contribution >= 4 is 5.91 Å². The van der Waals surface area contributed by atoms with Crippen LogP contribution in [0.15, 0.2) is 18.7 Å². The Balaban J connectivity index is 2.01. The number of carbonyl (C=O) groups is 1. The Labute approximate surface area is 92.7 Å². The zero-order chi connectivity index (χ0) is 11.5. The molecule has 2 aromatic heterocycles. The van der Waals surface area contributed by atoms with Gasteiger partial charge >= 0.3 is 0 Å². The maximum atomic E-state index is 11.8. The maximum Gasteiger partial charge on any atom is 0.255 e. The van der Waals surface area contributed by atoms with Gasteiger partial charge < -0.3 is 10.3 Å². The van der Waals surface area contributed by atoms with Gasteiger partial charge in [-0.05, 0) is 6.92 Å².